The molecule has 1 aliphatic heterocycles. The van der Waals surface area contributed by atoms with Crippen LogP contribution in [0.4, 0.5) is 5.13 Å². The van der Waals surface area contributed by atoms with Crippen LogP contribution in [0.25, 0.3) is 0 Å². The Balaban J connectivity index is 1.43. The molecule has 1 atom stereocenters. The topological polar surface area (TPSA) is 74.3 Å². The van der Waals surface area contributed by atoms with Crippen molar-refractivity contribution in [2.24, 2.45) is 5.92 Å². The summed E-state index contributed by atoms with van der Waals surface area (Å²) in [5.41, 5.74) is 1.59. The van der Waals surface area contributed by atoms with Crippen LogP contribution in [0, 0.1) is 5.92 Å². The van der Waals surface area contributed by atoms with Gasteiger partial charge in [-0.3, -0.25) is 14.5 Å². The van der Waals surface area contributed by atoms with E-state index in [0.717, 1.165) is 31.2 Å². The summed E-state index contributed by atoms with van der Waals surface area (Å²) in [5.74, 6) is 0.493. The highest BCUT2D eigenvalue weighted by Crippen LogP contribution is 2.21. The summed E-state index contributed by atoms with van der Waals surface area (Å²) in [4.78, 5) is 31.4. The van der Waals surface area contributed by atoms with Gasteiger partial charge in [-0.2, -0.15) is 0 Å². The van der Waals surface area contributed by atoms with E-state index in [1.54, 1.807) is 12.1 Å². The highest BCUT2D eigenvalue weighted by molar-refractivity contribution is 7.13. The molecule has 1 aliphatic rings. The molecule has 7 heteroatoms. The highest BCUT2D eigenvalue weighted by Gasteiger charge is 2.18. The van der Waals surface area contributed by atoms with E-state index in [2.05, 4.69) is 27.4 Å². The predicted molar refractivity (Wildman–Crippen MR) is 112 cm³/mol. The van der Waals surface area contributed by atoms with E-state index in [1.807, 2.05) is 30.5 Å². The average Bonchev–Trinajstić information content (AvgIpc) is 3.10. The van der Waals surface area contributed by atoms with E-state index in [4.69, 9.17) is 0 Å². The number of thiazole rings is 1. The minimum atomic E-state index is -0.262. The lowest BCUT2D eigenvalue weighted by molar-refractivity contribution is -0.116. The van der Waals surface area contributed by atoms with Crippen molar-refractivity contribution in [1.82, 2.24) is 15.2 Å². The second-order valence-electron chi connectivity index (χ2n) is 7.60. The lowest BCUT2D eigenvalue weighted by Crippen LogP contribution is -2.35. The standard InChI is InChI=1S/C21H28N4O2S/c1-15-8-10-25(11-9-15)13-18-14-28-21(23-18)24-19(26)12-16(2)22-20(27)17-6-4-3-5-7-17/h3-7,14-16H,8-13H2,1-2H3,(H,22,27)(H,23,24,26). The minimum absolute atomic E-state index is 0.145. The van der Waals surface area contributed by atoms with Gasteiger partial charge in [-0.25, -0.2) is 4.98 Å². The summed E-state index contributed by atoms with van der Waals surface area (Å²) >= 11 is 1.45. The second-order valence-corrected chi connectivity index (χ2v) is 8.45. The molecular formula is C21H28N4O2S. The van der Waals surface area contributed by atoms with Crippen molar-refractivity contribution in [1.29, 1.82) is 0 Å². The van der Waals surface area contributed by atoms with Gasteiger partial charge >= 0.3 is 0 Å². The van der Waals surface area contributed by atoms with Gasteiger partial charge in [-0.1, -0.05) is 25.1 Å². The van der Waals surface area contributed by atoms with E-state index in [1.165, 1.54) is 24.2 Å². The number of benzene rings is 1. The van der Waals surface area contributed by atoms with Gasteiger partial charge in [-0.15, -0.1) is 11.3 Å². The molecule has 1 unspecified atom stereocenters. The van der Waals surface area contributed by atoms with Gasteiger partial charge in [0, 0.05) is 30.0 Å². The smallest absolute Gasteiger partial charge is 0.251 e. The first-order chi connectivity index (χ1) is 13.5. The fraction of sp³-hybridized carbons (Fsp3) is 0.476. The third-order valence-corrected chi connectivity index (χ3v) is 5.77. The number of hydrogen-bond donors (Lipinski definition) is 2. The Bertz CT molecular complexity index is 785. The Morgan fingerprint density at radius 2 is 1.96 bits per heavy atom. The first-order valence-corrected chi connectivity index (χ1v) is 10.7. The van der Waals surface area contributed by atoms with Gasteiger partial charge in [0.25, 0.3) is 5.91 Å². The van der Waals surface area contributed by atoms with Crippen LogP contribution in [0.15, 0.2) is 35.7 Å². The van der Waals surface area contributed by atoms with Crippen LogP contribution < -0.4 is 10.6 Å². The number of likely N-dealkylation sites (tertiary alicyclic amines) is 1. The van der Waals surface area contributed by atoms with Gasteiger partial charge < -0.3 is 10.6 Å². The van der Waals surface area contributed by atoms with Crippen LogP contribution in [-0.2, 0) is 11.3 Å². The molecule has 2 aromatic rings. The Hall–Kier alpha value is -2.25. The number of nitrogens with one attached hydrogen (secondary N) is 2. The predicted octanol–water partition coefficient (Wildman–Crippen LogP) is 3.52. The van der Waals surface area contributed by atoms with E-state index >= 15 is 0 Å². The number of piperidine rings is 1. The van der Waals surface area contributed by atoms with Crippen LogP contribution in [0.3, 0.4) is 0 Å². The molecule has 2 amide bonds. The van der Waals surface area contributed by atoms with Gasteiger partial charge in [0.05, 0.1) is 5.69 Å². The average molecular weight is 401 g/mol. The normalized spacial score (nSPS) is 16.5. The van der Waals surface area contributed by atoms with Crippen LogP contribution >= 0.6 is 11.3 Å². The summed E-state index contributed by atoms with van der Waals surface area (Å²) < 4.78 is 0. The zero-order valence-electron chi connectivity index (χ0n) is 16.5. The van der Waals surface area contributed by atoms with Crippen molar-refractivity contribution >= 4 is 28.3 Å². The van der Waals surface area contributed by atoms with Crippen LogP contribution in [0.5, 0.6) is 0 Å². The minimum Gasteiger partial charge on any atom is -0.349 e. The van der Waals surface area contributed by atoms with Gasteiger partial charge in [0.15, 0.2) is 5.13 Å². The molecule has 1 aromatic carbocycles. The maximum atomic E-state index is 12.3. The highest BCUT2D eigenvalue weighted by atomic mass is 32.1. The van der Waals surface area contributed by atoms with Crippen LogP contribution in [-0.4, -0.2) is 40.8 Å². The number of aromatic nitrogens is 1. The SMILES string of the molecule is CC1CCN(Cc2csc(NC(=O)CC(C)NC(=O)c3ccccc3)n2)CC1. The first-order valence-electron chi connectivity index (χ1n) is 9.82. The lowest BCUT2D eigenvalue weighted by atomic mass is 9.99. The Kier molecular flexibility index (Phi) is 7.17. The lowest BCUT2D eigenvalue weighted by Gasteiger charge is -2.29. The summed E-state index contributed by atoms with van der Waals surface area (Å²) in [5, 5.41) is 8.33. The molecule has 1 fully saturated rings. The third-order valence-electron chi connectivity index (χ3n) is 4.97. The molecule has 2 N–H and O–H groups in total. The number of carbonyl (C=O) groups excluding carboxylic acids is 2. The summed E-state index contributed by atoms with van der Waals surface area (Å²) in [6.45, 7) is 7.18. The molecule has 0 bridgehead atoms. The molecule has 0 saturated carbocycles. The van der Waals surface area contributed by atoms with E-state index in [9.17, 15) is 9.59 Å². The quantitative estimate of drug-likeness (QED) is 0.746. The maximum Gasteiger partial charge on any atom is 0.251 e. The molecule has 1 aromatic heterocycles. The molecule has 1 saturated heterocycles. The fourth-order valence-corrected chi connectivity index (χ4v) is 4.00. The van der Waals surface area contributed by atoms with Crippen LogP contribution in [0.1, 0.15) is 49.2 Å². The fourth-order valence-electron chi connectivity index (χ4n) is 3.28. The van der Waals surface area contributed by atoms with E-state index in [-0.39, 0.29) is 24.3 Å². The summed E-state index contributed by atoms with van der Waals surface area (Å²) in [6, 6.07) is 8.74. The number of anilines is 1. The first kappa shape index (κ1) is 20.5. The summed E-state index contributed by atoms with van der Waals surface area (Å²) in [6.07, 6.45) is 2.68. The van der Waals surface area contributed by atoms with Crippen molar-refractivity contribution in [3.63, 3.8) is 0 Å². The number of amides is 2. The molecule has 0 aliphatic carbocycles. The molecule has 6 nitrogen and oxygen atoms in total. The molecule has 3 rings (SSSR count). The van der Waals surface area contributed by atoms with Crippen molar-refractivity contribution in [3.05, 3.63) is 47.0 Å². The molecular weight excluding hydrogens is 372 g/mol. The molecule has 0 spiro atoms. The molecule has 2 heterocycles. The largest absolute Gasteiger partial charge is 0.349 e. The number of carbonyl (C=O) groups is 2. The Morgan fingerprint density at radius 1 is 1.25 bits per heavy atom. The number of hydrogen-bond acceptors (Lipinski definition) is 5. The number of rotatable bonds is 7. The summed E-state index contributed by atoms with van der Waals surface area (Å²) in [7, 11) is 0. The van der Waals surface area contributed by atoms with Crippen molar-refractivity contribution in [2.45, 2.75) is 45.7 Å². The van der Waals surface area contributed by atoms with Gasteiger partial charge in [0.2, 0.25) is 5.91 Å². The van der Waals surface area contributed by atoms with Crippen molar-refractivity contribution in [2.75, 3.05) is 18.4 Å². The van der Waals surface area contributed by atoms with Gasteiger partial charge in [0.1, 0.15) is 0 Å². The monoisotopic (exact) mass is 400 g/mol. The third kappa shape index (κ3) is 6.14. The molecule has 150 valence electrons. The molecule has 0 radical (unpaired) electrons. The van der Waals surface area contributed by atoms with Crippen molar-refractivity contribution in [3.8, 4) is 0 Å². The van der Waals surface area contributed by atoms with Crippen molar-refractivity contribution < 1.29 is 9.59 Å². The zero-order chi connectivity index (χ0) is 19.9. The zero-order valence-corrected chi connectivity index (χ0v) is 17.3. The second kappa shape index (κ2) is 9.80. The van der Waals surface area contributed by atoms with E-state index in [0.29, 0.717) is 10.7 Å². The molecule has 28 heavy (non-hydrogen) atoms. The van der Waals surface area contributed by atoms with E-state index < -0.39 is 0 Å². The Morgan fingerprint density at radius 3 is 2.68 bits per heavy atom. The number of nitrogens with zero attached hydrogens (tertiary/aromatic N) is 2. The van der Waals surface area contributed by atoms with Gasteiger partial charge in [-0.05, 0) is 50.9 Å². The Labute approximate surface area is 170 Å². The van der Waals surface area contributed by atoms with Crippen LogP contribution in [0.2, 0.25) is 0 Å². The maximum absolute atomic E-state index is 12.3.